The van der Waals surface area contributed by atoms with Gasteiger partial charge >= 0.3 is 0 Å². The van der Waals surface area contributed by atoms with Crippen molar-refractivity contribution in [1.82, 2.24) is 5.32 Å². The van der Waals surface area contributed by atoms with Crippen LogP contribution >= 0.6 is 0 Å². The maximum atomic E-state index is 13.1. The summed E-state index contributed by atoms with van der Waals surface area (Å²) in [5.74, 6) is -0.148. The number of halogens is 1. The Labute approximate surface area is 107 Å². The van der Waals surface area contributed by atoms with E-state index < -0.39 is 11.9 Å². The Balaban J connectivity index is 2.58. The van der Waals surface area contributed by atoms with Crippen LogP contribution in [0.2, 0.25) is 0 Å². The topological polar surface area (TPSA) is 67.2 Å². The molecule has 4 N–H and O–H groups in total. The molecule has 0 aliphatic heterocycles. The van der Waals surface area contributed by atoms with E-state index in [4.69, 9.17) is 5.73 Å². The van der Waals surface area contributed by atoms with Crippen molar-refractivity contribution in [1.29, 1.82) is 0 Å². The number of anilines is 2. The van der Waals surface area contributed by atoms with Crippen molar-refractivity contribution in [3.8, 4) is 0 Å². The third kappa shape index (κ3) is 4.61. The molecule has 0 spiro atoms. The second-order valence-electron chi connectivity index (χ2n) is 4.78. The van der Waals surface area contributed by atoms with E-state index in [2.05, 4.69) is 10.6 Å². The molecule has 0 saturated carbocycles. The van der Waals surface area contributed by atoms with Gasteiger partial charge in [-0.25, -0.2) is 4.39 Å². The minimum Gasteiger partial charge on any atom is -0.399 e. The first-order chi connectivity index (χ1) is 8.38. The van der Waals surface area contributed by atoms with Crippen LogP contribution in [0.3, 0.4) is 0 Å². The highest BCUT2D eigenvalue weighted by molar-refractivity contribution is 5.84. The Morgan fingerprint density at radius 2 is 2.00 bits per heavy atom. The first kappa shape index (κ1) is 14.3. The van der Waals surface area contributed by atoms with E-state index in [0.29, 0.717) is 23.8 Å². The minimum absolute atomic E-state index is 0.119. The summed E-state index contributed by atoms with van der Waals surface area (Å²) in [6, 6.07) is 3.69. The number of nitrogens with two attached hydrogens (primary N) is 1. The lowest BCUT2D eigenvalue weighted by molar-refractivity contribution is -0.121. The summed E-state index contributed by atoms with van der Waals surface area (Å²) in [6.07, 6.45) is 0. The fourth-order valence-corrected chi connectivity index (χ4v) is 1.47. The maximum absolute atomic E-state index is 13.1. The summed E-state index contributed by atoms with van der Waals surface area (Å²) in [5, 5.41) is 5.72. The molecular weight excluding hydrogens is 233 g/mol. The van der Waals surface area contributed by atoms with Crippen molar-refractivity contribution in [3.63, 3.8) is 0 Å². The quantitative estimate of drug-likeness (QED) is 0.703. The standard InChI is InChI=1S/C13H20FN3O/c1-8(2)7-16-13(18)9(3)17-12-5-10(14)4-11(15)6-12/h4-6,8-9,17H,7,15H2,1-3H3,(H,16,18). The summed E-state index contributed by atoms with van der Waals surface area (Å²) in [5.41, 5.74) is 6.36. The van der Waals surface area contributed by atoms with Gasteiger partial charge in [0.1, 0.15) is 11.9 Å². The lowest BCUT2D eigenvalue weighted by Gasteiger charge is -2.16. The number of amides is 1. The lowest BCUT2D eigenvalue weighted by atomic mass is 10.2. The number of hydrogen-bond acceptors (Lipinski definition) is 3. The number of carbonyl (C=O) groups is 1. The second-order valence-corrected chi connectivity index (χ2v) is 4.78. The Bertz CT molecular complexity index is 400. The molecule has 1 amide bonds. The zero-order valence-electron chi connectivity index (χ0n) is 11.0. The summed E-state index contributed by atoms with van der Waals surface area (Å²) in [4.78, 5) is 11.7. The van der Waals surface area contributed by atoms with Gasteiger partial charge in [-0.2, -0.15) is 0 Å². The van der Waals surface area contributed by atoms with E-state index in [1.165, 1.54) is 12.1 Å². The van der Waals surface area contributed by atoms with Gasteiger partial charge in [0.25, 0.3) is 0 Å². The SMILES string of the molecule is CC(C)CNC(=O)C(C)Nc1cc(N)cc(F)c1. The van der Waals surface area contributed by atoms with Gasteiger partial charge in [0.15, 0.2) is 0 Å². The largest absolute Gasteiger partial charge is 0.399 e. The molecular formula is C13H20FN3O. The molecule has 18 heavy (non-hydrogen) atoms. The molecule has 0 radical (unpaired) electrons. The summed E-state index contributed by atoms with van der Waals surface area (Å²) in [6.45, 7) is 6.38. The average Bonchev–Trinajstić information content (AvgIpc) is 2.24. The number of benzene rings is 1. The molecule has 1 aromatic carbocycles. The smallest absolute Gasteiger partial charge is 0.242 e. The molecule has 0 aliphatic carbocycles. The minimum atomic E-state index is -0.440. The first-order valence-electron chi connectivity index (χ1n) is 5.99. The van der Waals surface area contributed by atoms with Crippen molar-refractivity contribution in [2.75, 3.05) is 17.6 Å². The van der Waals surface area contributed by atoms with Crippen molar-refractivity contribution >= 4 is 17.3 Å². The molecule has 0 fully saturated rings. The Morgan fingerprint density at radius 1 is 1.33 bits per heavy atom. The molecule has 5 heteroatoms. The fourth-order valence-electron chi connectivity index (χ4n) is 1.47. The van der Waals surface area contributed by atoms with Crippen LogP contribution in [0.15, 0.2) is 18.2 Å². The Hall–Kier alpha value is -1.78. The molecule has 1 unspecified atom stereocenters. The fraction of sp³-hybridized carbons (Fsp3) is 0.462. The van der Waals surface area contributed by atoms with E-state index in [9.17, 15) is 9.18 Å². The summed E-state index contributed by atoms with van der Waals surface area (Å²) in [7, 11) is 0. The van der Waals surface area contributed by atoms with Crippen LogP contribution in [0.1, 0.15) is 20.8 Å². The van der Waals surface area contributed by atoms with Crippen molar-refractivity contribution in [2.24, 2.45) is 5.92 Å². The van der Waals surface area contributed by atoms with Gasteiger partial charge in [0, 0.05) is 17.9 Å². The molecule has 0 aromatic heterocycles. The predicted octanol–water partition coefficient (Wildman–Crippen LogP) is 1.98. The van der Waals surface area contributed by atoms with Crippen LogP contribution in [0, 0.1) is 11.7 Å². The monoisotopic (exact) mass is 253 g/mol. The summed E-state index contributed by atoms with van der Waals surface area (Å²) >= 11 is 0. The van der Waals surface area contributed by atoms with Crippen molar-refractivity contribution < 1.29 is 9.18 Å². The molecule has 1 rings (SSSR count). The highest BCUT2D eigenvalue weighted by atomic mass is 19.1. The van der Waals surface area contributed by atoms with Crippen LogP contribution in [0.5, 0.6) is 0 Å². The molecule has 0 saturated heterocycles. The Kier molecular flexibility index (Phi) is 4.95. The number of hydrogen-bond donors (Lipinski definition) is 3. The molecule has 0 heterocycles. The third-order valence-corrected chi connectivity index (χ3v) is 2.38. The maximum Gasteiger partial charge on any atom is 0.242 e. The number of rotatable bonds is 5. The van der Waals surface area contributed by atoms with E-state index >= 15 is 0 Å². The van der Waals surface area contributed by atoms with Crippen LogP contribution in [-0.4, -0.2) is 18.5 Å². The predicted molar refractivity (Wildman–Crippen MR) is 71.7 cm³/mol. The number of nitrogen functional groups attached to an aromatic ring is 1. The van der Waals surface area contributed by atoms with E-state index in [1.807, 2.05) is 13.8 Å². The third-order valence-electron chi connectivity index (χ3n) is 2.38. The zero-order chi connectivity index (χ0) is 13.7. The number of carbonyl (C=O) groups excluding carboxylic acids is 1. The van der Waals surface area contributed by atoms with Gasteiger partial charge in [0.05, 0.1) is 0 Å². The molecule has 1 atom stereocenters. The van der Waals surface area contributed by atoms with Gasteiger partial charge in [-0.15, -0.1) is 0 Å². The average molecular weight is 253 g/mol. The molecule has 0 bridgehead atoms. The van der Waals surface area contributed by atoms with Gasteiger partial charge in [0.2, 0.25) is 5.91 Å². The normalized spacial score (nSPS) is 12.3. The summed E-state index contributed by atoms with van der Waals surface area (Å²) < 4.78 is 13.1. The number of nitrogens with one attached hydrogen (secondary N) is 2. The van der Waals surface area contributed by atoms with E-state index in [1.54, 1.807) is 13.0 Å². The van der Waals surface area contributed by atoms with Gasteiger partial charge < -0.3 is 16.4 Å². The van der Waals surface area contributed by atoms with Gasteiger partial charge in [-0.05, 0) is 31.0 Å². The van der Waals surface area contributed by atoms with Gasteiger partial charge in [-0.1, -0.05) is 13.8 Å². The highest BCUT2D eigenvalue weighted by Gasteiger charge is 2.13. The van der Waals surface area contributed by atoms with Crippen LogP contribution in [0.4, 0.5) is 15.8 Å². The molecule has 100 valence electrons. The highest BCUT2D eigenvalue weighted by Crippen LogP contribution is 2.16. The van der Waals surface area contributed by atoms with Crippen LogP contribution < -0.4 is 16.4 Å². The Morgan fingerprint density at radius 3 is 2.56 bits per heavy atom. The van der Waals surface area contributed by atoms with Crippen molar-refractivity contribution in [3.05, 3.63) is 24.0 Å². The first-order valence-corrected chi connectivity index (χ1v) is 5.99. The van der Waals surface area contributed by atoms with E-state index in [0.717, 1.165) is 0 Å². The molecule has 0 aliphatic rings. The lowest BCUT2D eigenvalue weighted by Crippen LogP contribution is -2.39. The van der Waals surface area contributed by atoms with Crippen LogP contribution in [0.25, 0.3) is 0 Å². The molecule has 1 aromatic rings. The van der Waals surface area contributed by atoms with Gasteiger partial charge in [-0.3, -0.25) is 4.79 Å². The zero-order valence-corrected chi connectivity index (χ0v) is 11.0. The van der Waals surface area contributed by atoms with Crippen LogP contribution in [-0.2, 0) is 4.79 Å². The molecule has 4 nitrogen and oxygen atoms in total. The van der Waals surface area contributed by atoms with Crippen molar-refractivity contribution in [2.45, 2.75) is 26.8 Å². The van der Waals surface area contributed by atoms with E-state index in [-0.39, 0.29) is 5.91 Å². The second kappa shape index (κ2) is 6.23.